The standard InChI is InChI=1S/C22H21ClN2O3/c1-13-7-9-14(10-8-13)21-20-16(15-5-3-4-6-17(15)24-20)11-18(22(27)28-2)25(21)19(26)12-23/h3-10,18,21,24H,11-12H2,1-2H3/t18-,21-/m1/s1. The van der Waals surface area contributed by atoms with Crippen molar-refractivity contribution in [2.45, 2.75) is 25.4 Å². The van der Waals surface area contributed by atoms with E-state index in [1.807, 2.05) is 55.5 Å². The number of hydrogen-bond acceptors (Lipinski definition) is 3. The van der Waals surface area contributed by atoms with Crippen molar-refractivity contribution in [1.82, 2.24) is 9.88 Å². The van der Waals surface area contributed by atoms with Crippen LogP contribution in [0.2, 0.25) is 0 Å². The number of hydrogen-bond donors (Lipinski definition) is 1. The highest BCUT2D eigenvalue weighted by Crippen LogP contribution is 2.41. The van der Waals surface area contributed by atoms with Gasteiger partial charge in [0.1, 0.15) is 11.9 Å². The maximum atomic E-state index is 12.8. The van der Waals surface area contributed by atoms with Gasteiger partial charge in [-0.1, -0.05) is 48.0 Å². The quantitative estimate of drug-likeness (QED) is 0.542. The molecule has 1 aliphatic heterocycles. The van der Waals surface area contributed by atoms with Crippen LogP contribution in [-0.4, -0.2) is 40.8 Å². The number of aryl methyl sites for hydroxylation is 1. The summed E-state index contributed by atoms with van der Waals surface area (Å²) >= 11 is 5.93. The molecule has 2 heterocycles. The molecular formula is C22H21ClN2O3. The van der Waals surface area contributed by atoms with E-state index in [1.54, 1.807) is 4.90 Å². The molecule has 0 radical (unpaired) electrons. The van der Waals surface area contributed by atoms with Gasteiger partial charge in [-0.3, -0.25) is 4.79 Å². The molecule has 1 amide bonds. The Kier molecular flexibility index (Phi) is 4.85. The van der Waals surface area contributed by atoms with Crippen LogP contribution in [0.4, 0.5) is 0 Å². The van der Waals surface area contributed by atoms with E-state index in [-0.39, 0.29) is 11.8 Å². The number of carbonyl (C=O) groups is 2. The first-order chi connectivity index (χ1) is 13.5. The summed E-state index contributed by atoms with van der Waals surface area (Å²) in [5.41, 5.74) is 4.98. The van der Waals surface area contributed by atoms with Crippen molar-refractivity contribution in [2.75, 3.05) is 13.0 Å². The van der Waals surface area contributed by atoms with Gasteiger partial charge in [-0.2, -0.15) is 0 Å². The van der Waals surface area contributed by atoms with E-state index in [1.165, 1.54) is 7.11 Å². The first kappa shape index (κ1) is 18.6. The van der Waals surface area contributed by atoms with Gasteiger partial charge in [0.05, 0.1) is 13.2 Å². The van der Waals surface area contributed by atoms with Gasteiger partial charge >= 0.3 is 5.97 Å². The van der Waals surface area contributed by atoms with E-state index in [0.29, 0.717) is 6.42 Å². The third-order valence-electron chi connectivity index (χ3n) is 5.40. The molecule has 0 unspecified atom stereocenters. The molecule has 1 N–H and O–H groups in total. The lowest BCUT2D eigenvalue weighted by Crippen LogP contribution is -2.52. The van der Waals surface area contributed by atoms with Crippen molar-refractivity contribution in [3.8, 4) is 0 Å². The van der Waals surface area contributed by atoms with Gasteiger partial charge in [-0.15, -0.1) is 11.6 Å². The van der Waals surface area contributed by atoms with Crippen molar-refractivity contribution < 1.29 is 14.3 Å². The fraction of sp³-hybridized carbons (Fsp3) is 0.273. The second-order valence-electron chi connectivity index (χ2n) is 7.05. The Bertz CT molecular complexity index is 1040. The molecule has 0 aliphatic carbocycles. The minimum Gasteiger partial charge on any atom is -0.467 e. The van der Waals surface area contributed by atoms with Gasteiger partial charge in [0.2, 0.25) is 5.91 Å². The molecular weight excluding hydrogens is 376 g/mol. The summed E-state index contributed by atoms with van der Waals surface area (Å²) in [6.07, 6.45) is 0.386. The van der Waals surface area contributed by atoms with E-state index in [2.05, 4.69) is 4.98 Å². The lowest BCUT2D eigenvalue weighted by molar-refractivity contribution is -0.154. The number of halogens is 1. The number of carbonyl (C=O) groups excluding carboxylic acids is 2. The first-order valence-electron chi connectivity index (χ1n) is 9.16. The maximum Gasteiger partial charge on any atom is 0.328 e. The molecule has 1 aromatic heterocycles. The number of esters is 1. The van der Waals surface area contributed by atoms with Crippen molar-refractivity contribution in [3.63, 3.8) is 0 Å². The molecule has 0 saturated carbocycles. The number of nitrogens with zero attached hydrogens (tertiary/aromatic N) is 1. The van der Waals surface area contributed by atoms with Gasteiger partial charge in [-0.25, -0.2) is 4.79 Å². The van der Waals surface area contributed by atoms with Crippen molar-refractivity contribution in [2.24, 2.45) is 0 Å². The number of fused-ring (bicyclic) bond motifs is 3. The van der Waals surface area contributed by atoms with Crippen LogP contribution >= 0.6 is 11.6 Å². The van der Waals surface area contributed by atoms with Crippen LogP contribution in [0.3, 0.4) is 0 Å². The Morgan fingerprint density at radius 2 is 1.89 bits per heavy atom. The van der Waals surface area contributed by atoms with Gasteiger partial charge in [0, 0.05) is 23.0 Å². The lowest BCUT2D eigenvalue weighted by Gasteiger charge is -2.40. The number of aromatic amines is 1. The Balaban J connectivity index is 1.98. The number of amides is 1. The smallest absolute Gasteiger partial charge is 0.328 e. The fourth-order valence-corrected chi connectivity index (χ4v) is 4.22. The monoisotopic (exact) mass is 396 g/mol. The van der Waals surface area contributed by atoms with Crippen LogP contribution in [0.25, 0.3) is 10.9 Å². The van der Waals surface area contributed by atoms with Gasteiger partial charge < -0.3 is 14.6 Å². The average Bonchev–Trinajstić information content (AvgIpc) is 3.10. The van der Waals surface area contributed by atoms with E-state index in [4.69, 9.17) is 16.3 Å². The number of aromatic nitrogens is 1. The Morgan fingerprint density at radius 1 is 1.18 bits per heavy atom. The number of benzene rings is 2. The largest absolute Gasteiger partial charge is 0.467 e. The predicted molar refractivity (Wildman–Crippen MR) is 108 cm³/mol. The zero-order chi connectivity index (χ0) is 19.8. The van der Waals surface area contributed by atoms with Gasteiger partial charge in [0.25, 0.3) is 0 Å². The first-order valence-corrected chi connectivity index (χ1v) is 9.69. The zero-order valence-corrected chi connectivity index (χ0v) is 16.5. The van der Waals surface area contributed by atoms with Gasteiger partial charge in [0.15, 0.2) is 0 Å². The zero-order valence-electron chi connectivity index (χ0n) is 15.7. The number of H-pyrrole nitrogens is 1. The lowest BCUT2D eigenvalue weighted by atomic mass is 9.87. The van der Waals surface area contributed by atoms with Crippen LogP contribution in [0.15, 0.2) is 48.5 Å². The summed E-state index contributed by atoms with van der Waals surface area (Å²) in [5.74, 6) is -0.940. The summed E-state index contributed by atoms with van der Waals surface area (Å²) in [6, 6.07) is 14.8. The number of methoxy groups -OCH3 is 1. The van der Waals surface area contributed by atoms with E-state index in [9.17, 15) is 9.59 Å². The second kappa shape index (κ2) is 7.32. The SMILES string of the molecule is COC(=O)[C@H]1Cc2c([nH]c3ccccc23)[C@@H](c2ccc(C)cc2)N1C(=O)CCl. The van der Waals surface area contributed by atoms with E-state index < -0.39 is 18.1 Å². The molecule has 144 valence electrons. The molecule has 0 fully saturated rings. The highest BCUT2D eigenvalue weighted by molar-refractivity contribution is 6.27. The number of nitrogens with one attached hydrogen (secondary N) is 1. The van der Waals surface area contributed by atoms with Crippen molar-refractivity contribution in [1.29, 1.82) is 0 Å². The Labute approximate surface area is 168 Å². The van der Waals surface area contributed by atoms with Crippen LogP contribution in [-0.2, 0) is 20.7 Å². The molecule has 28 heavy (non-hydrogen) atoms. The Hall–Kier alpha value is -2.79. The molecule has 4 rings (SSSR count). The normalized spacial score (nSPS) is 18.8. The molecule has 0 saturated heterocycles. The van der Waals surface area contributed by atoms with Gasteiger partial charge in [-0.05, 0) is 24.1 Å². The third kappa shape index (κ3) is 2.96. The molecule has 1 aliphatic rings. The molecule has 6 heteroatoms. The van der Waals surface area contributed by atoms with Crippen LogP contribution in [0.5, 0.6) is 0 Å². The summed E-state index contributed by atoms with van der Waals surface area (Å²) in [5, 5.41) is 1.06. The number of rotatable bonds is 3. The summed E-state index contributed by atoms with van der Waals surface area (Å²) in [6.45, 7) is 2.01. The van der Waals surface area contributed by atoms with Crippen LogP contribution in [0.1, 0.15) is 28.4 Å². The molecule has 0 bridgehead atoms. The van der Waals surface area contributed by atoms with E-state index in [0.717, 1.165) is 33.3 Å². The minimum atomic E-state index is -0.728. The summed E-state index contributed by atoms with van der Waals surface area (Å²) < 4.78 is 5.04. The van der Waals surface area contributed by atoms with Crippen LogP contribution < -0.4 is 0 Å². The maximum absolute atomic E-state index is 12.8. The highest BCUT2D eigenvalue weighted by Gasteiger charge is 2.43. The third-order valence-corrected chi connectivity index (χ3v) is 5.63. The topological polar surface area (TPSA) is 62.4 Å². The second-order valence-corrected chi connectivity index (χ2v) is 7.32. The molecule has 0 spiro atoms. The van der Waals surface area contributed by atoms with E-state index >= 15 is 0 Å². The number of ether oxygens (including phenoxy) is 1. The molecule has 5 nitrogen and oxygen atoms in total. The highest BCUT2D eigenvalue weighted by atomic mass is 35.5. The van der Waals surface area contributed by atoms with Crippen molar-refractivity contribution >= 4 is 34.4 Å². The van der Waals surface area contributed by atoms with Crippen molar-refractivity contribution in [3.05, 3.63) is 70.9 Å². The summed E-state index contributed by atoms with van der Waals surface area (Å²) in [4.78, 5) is 30.5. The average molecular weight is 397 g/mol. The predicted octanol–water partition coefficient (Wildman–Crippen LogP) is 3.73. The molecule has 2 atom stereocenters. The van der Waals surface area contributed by atoms with Crippen LogP contribution in [0, 0.1) is 6.92 Å². The Morgan fingerprint density at radius 3 is 2.57 bits per heavy atom. The molecule has 3 aromatic rings. The number of para-hydroxylation sites is 1. The fourth-order valence-electron chi connectivity index (χ4n) is 4.08. The minimum absolute atomic E-state index is 0.203. The number of alkyl halides is 1. The molecule has 2 aromatic carbocycles. The summed E-state index contributed by atoms with van der Waals surface area (Å²) in [7, 11) is 1.34.